The van der Waals surface area contributed by atoms with E-state index in [4.69, 9.17) is 9.47 Å². The molecule has 1 amide bonds. The Morgan fingerprint density at radius 1 is 1.03 bits per heavy atom. The molecule has 33 heavy (non-hydrogen) atoms. The number of nitrogens with one attached hydrogen (secondary N) is 1. The van der Waals surface area contributed by atoms with Gasteiger partial charge in [-0.05, 0) is 54.8 Å². The average Bonchev–Trinajstić information content (AvgIpc) is 2.79. The summed E-state index contributed by atoms with van der Waals surface area (Å²) in [6.07, 6.45) is 1.40. The van der Waals surface area contributed by atoms with Gasteiger partial charge >= 0.3 is 5.97 Å². The summed E-state index contributed by atoms with van der Waals surface area (Å²) in [5.74, 6) is -0.156. The maximum atomic E-state index is 12.3. The minimum Gasteiger partial charge on any atom is -0.483 e. The van der Waals surface area contributed by atoms with Crippen LogP contribution in [0.5, 0.6) is 11.5 Å². The lowest BCUT2D eigenvalue weighted by molar-refractivity contribution is -0.384. The second-order valence-electron chi connectivity index (χ2n) is 7.07. The van der Waals surface area contributed by atoms with Crippen LogP contribution in [0.1, 0.15) is 27.0 Å². The summed E-state index contributed by atoms with van der Waals surface area (Å²) in [5.41, 5.74) is 4.90. The number of aryl methyl sites for hydroxylation is 2. The Kier molecular flexibility index (Phi) is 7.48. The monoisotopic (exact) mass is 447 g/mol. The van der Waals surface area contributed by atoms with Crippen molar-refractivity contribution in [2.75, 3.05) is 6.61 Å². The Bertz CT molecular complexity index is 1180. The summed E-state index contributed by atoms with van der Waals surface area (Å²) in [7, 11) is 0. The number of ether oxygens (including phenoxy) is 2. The smallest absolute Gasteiger partial charge is 0.343 e. The number of amides is 1. The van der Waals surface area contributed by atoms with Crippen molar-refractivity contribution in [1.29, 1.82) is 0 Å². The topological polar surface area (TPSA) is 120 Å². The summed E-state index contributed by atoms with van der Waals surface area (Å²) in [6, 6.07) is 17.3. The molecule has 168 valence electrons. The second kappa shape index (κ2) is 10.7. The molecule has 0 saturated carbocycles. The molecule has 0 aromatic heterocycles. The molecule has 3 aromatic rings. The molecule has 1 N–H and O–H groups in total. The molecule has 0 aliphatic heterocycles. The number of carbonyl (C=O) groups is 2. The van der Waals surface area contributed by atoms with Gasteiger partial charge in [-0.15, -0.1) is 0 Å². The van der Waals surface area contributed by atoms with E-state index in [1.54, 1.807) is 24.3 Å². The Hall–Kier alpha value is -4.53. The van der Waals surface area contributed by atoms with Crippen molar-refractivity contribution >= 4 is 23.8 Å². The van der Waals surface area contributed by atoms with Crippen molar-refractivity contribution in [1.82, 2.24) is 5.43 Å². The molecule has 0 spiro atoms. The Morgan fingerprint density at radius 3 is 2.36 bits per heavy atom. The molecular formula is C24H21N3O6. The number of nitrogens with zero attached hydrogens (tertiary/aromatic N) is 2. The van der Waals surface area contributed by atoms with Crippen LogP contribution >= 0.6 is 0 Å². The minimum absolute atomic E-state index is 0.119. The highest BCUT2D eigenvalue weighted by molar-refractivity contribution is 5.91. The van der Waals surface area contributed by atoms with E-state index < -0.39 is 16.8 Å². The lowest BCUT2D eigenvalue weighted by Gasteiger charge is -2.10. The zero-order chi connectivity index (χ0) is 23.8. The Labute approximate surface area is 189 Å². The lowest BCUT2D eigenvalue weighted by atomic mass is 10.1. The van der Waals surface area contributed by atoms with E-state index in [1.807, 2.05) is 32.0 Å². The number of nitro groups is 1. The number of esters is 1. The van der Waals surface area contributed by atoms with Gasteiger partial charge in [0.1, 0.15) is 11.5 Å². The highest BCUT2D eigenvalue weighted by Gasteiger charge is 2.12. The molecule has 0 aliphatic rings. The molecule has 0 aliphatic carbocycles. The van der Waals surface area contributed by atoms with Crippen molar-refractivity contribution in [2.45, 2.75) is 13.8 Å². The third-order valence-corrected chi connectivity index (χ3v) is 4.54. The standard InChI is InChI=1S/C24H21N3O6/c1-16-5-3-6-17(2)23(16)32-15-22(28)26-25-14-18-7-4-8-21(13-18)33-24(29)19-9-11-20(12-10-19)27(30)31/h3-14H,15H2,1-2H3,(H,26,28)/b25-14-. The van der Waals surface area contributed by atoms with Crippen LogP contribution in [0.3, 0.4) is 0 Å². The van der Waals surface area contributed by atoms with Crippen LogP contribution in [0.25, 0.3) is 0 Å². The molecule has 0 saturated heterocycles. The van der Waals surface area contributed by atoms with Gasteiger partial charge in [-0.2, -0.15) is 5.10 Å². The summed E-state index contributed by atoms with van der Waals surface area (Å²) in [5, 5.41) is 14.6. The van der Waals surface area contributed by atoms with Crippen LogP contribution in [-0.2, 0) is 4.79 Å². The fourth-order valence-corrected chi connectivity index (χ4v) is 2.92. The first-order valence-electron chi connectivity index (χ1n) is 9.91. The number of benzene rings is 3. The van der Waals surface area contributed by atoms with Crippen molar-refractivity contribution in [3.8, 4) is 11.5 Å². The van der Waals surface area contributed by atoms with E-state index in [-0.39, 0.29) is 23.6 Å². The number of carbonyl (C=O) groups excluding carboxylic acids is 2. The molecule has 9 heteroatoms. The largest absolute Gasteiger partial charge is 0.483 e. The van der Waals surface area contributed by atoms with E-state index in [9.17, 15) is 19.7 Å². The molecule has 0 bridgehead atoms. The predicted octanol–water partition coefficient (Wildman–Crippen LogP) is 3.96. The van der Waals surface area contributed by atoms with Gasteiger partial charge < -0.3 is 9.47 Å². The van der Waals surface area contributed by atoms with E-state index in [0.29, 0.717) is 11.3 Å². The number of para-hydroxylation sites is 1. The summed E-state index contributed by atoms with van der Waals surface area (Å²) in [6.45, 7) is 3.62. The highest BCUT2D eigenvalue weighted by Crippen LogP contribution is 2.22. The molecule has 0 radical (unpaired) electrons. The van der Waals surface area contributed by atoms with Crippen LogP contribution in [0, 0.1) is 24.0 Å². The van der Waals surface area contributed by atoms with Crippen LogP contribution in [0.4, 0.5) is 5.69 Å². The molecule has 0 unspecified atom stereocenters. The zero-order valence-corrected chi connectivity index (χ0v) is 18.0. The van der Waals surface area contributed by atoms with Gasteiger partial charge in [0.2, 0.25) is 0 Å². The third kappa shape index (κ3) is 6.47. The number of hydrogen-bond donors (Lipinski definition) is 1. The van der Waals surface area contributed by atoms with Gasteiger partial charge in [0.25, 0.3) is 11.6 Å². The molecule has 0 heterocycles. The van der Waals surface area contributed by atoms with Crippen molar-refractivity contribution < 1.29 is 24.0 Å². The summed E-state index contributed by atoms with van der Waals surface area (Å²) < 4.78 is 10.9. The number of non-ortho nitro benzene ring substituents is 1. The number of nitro benzene ring substituents is 1. The predicted molar refractivity (Wildman–Crippen MR) is 122 cm³/mol. The van der Waals surface area contributed by atoms with E-state index in [1.165, 1.54) is 30.5 Å². The average molecular weight is 447 g/mol. The molecule has 3 rings (SSSR count). The van der Waals surface area contributed by atoms with Crippen LogP contribution < -0.4 is 14.9 Å². The minimum atomic E-state index is -0.657. The molecule has 0 atom stereocenters. The summed E-state index contributed by atoms with van der Waals surface area (Å²) in [4.78, 5) is 34.4. The molecule has 9 nitrogen and oxygen atoms in total. The number of hydrogen-bond acceptors (Lipinski definition) is 7. The van der Waals surface area contributed by atoms with Crippen LogP contribution in [0.15, 0.2) is 71.8 Å². The van der Waals surface area contributed by atoms with E-state index in [2.05, 4.69) is 10.5 Å². The van der Waals surface area contributed by atoms with Gasteiger partial charge in [-0.25, -0.2) is 10.2 Å². The third-order valence-electron chi connectivity index (χ3n) is 4.54. The quantitative estimate of drug-likeness (QED) is 0.183. The van der Waals surface area contributed by atoms with E-state index >= 15 is 0 Å². The molecular weight excluding hydrogens is 426 g/mol. The normalized spacial score (nSPS) is 10.6. The summed E-state index contributed by atoms with van der Waals surface area (Å²) >= 11 is 0. The fourth-order valence-electron chi connectivity index (χ4n) is 2.92. The maximum absolute atomic E-state index is 12.3. The number of rotatable bonds is 8. The first kappa shape index (κ1) is 23.1. The first-order chi connectivity index (χ1) is 15.8. The first-order valence-corrected chi connectivity index (χ1v) is 9.91. The van der Waals surface area contributed by atoms with Crippen molar-refractivity contribution in [2.24, 2.45) is 5.10 Å². The highest BCUT2D eigenvalue weighted by atomic mass is 16.6. The van der Waals surface area contributed by atoms with Crippen LogP contribution in [0.2, 0.25) is 0 Å². The lowest BCUT2D eigenvalue weighted by Crippen LogP contribution is -2.25. The zero-order valence-electron chi connectivity index (χ0n) is 18.0. The Morgan fingerprint density at radius 2 is 1.70 bits per heavy atom. The van der Waals surface area contributed by atoms with Crippen molar-refractivity contribution in [3.05, 3.63) is 99.1 Å². The molecule has 3 aromatic carbocycles. The molecule has 0 fully saturated rings. The van der Waals surface area contributed by atoms with Gasteiger partial charge in [0.05, 0.1) is 16.7 Å². The van der Waals surface area contributed by atoms with Gasteiger partial charge in [-0.3, -0.25) is 14.9 Å². The van der Waals surface area contributed by atoms with Gasteiger partial charge in [0.15, 0.2) is 6.61 Å². The fraction of sp³-hybridized carbons (Fsp3) is 0.125. The second-order valence-corrected chi connectivity index (χ2v) is 7.07. The van der Waals surface area contributed by atoms with Crippen LogP contribution in [-0.4, -0.2) is 29.6 Å². The van der Waals surface area contributed by atoms with Crippen molar-refractivity contribution in [3.63, 3.8) is 0 Å². The van der Waals surface area contributed by atoms with Gasteiger partial charge in [-0.1, -0.05) is 30.3 Å². The number of hydrazone groups is 1. The maximum Gasteiger partial charge on any atom is 0.343 e. The van der Waals surface area contributed by atoms with E-state index in [0.717, 1.165) is 11.1 Å². The van der Waals surface area contributed by atoms with Gasteiger partial charge in [0, 0.05) is 12.1 Å². The SMILES string of the molecule is Cc1cccc(C)c1OCC(=O)N/N=C\c1cccc(OC(=O)c2ccc([N+](=O)[O-])cc2)c1. The Balaban J connectivity index is 1.54.